The Balaban J connectivity index is 2.13. The van der Waals surface area contributed by atoms with Crippen LogP contribution in [0.2, 0.25) is 6.04 Å². The van der Waals surface area contributed by atoms with Gasteiger partial charge in [-0.3, -0.25) is 0 Å². The van der Waals surface area contributed by atoms with Crippen LogP contribution in [0.5, 0.6) is 0 Å². The fourth-order valence-electron chi connectivity index (χ4n) is 2.17. The van der Waals surface area contributed by atoms with Gasteiger partial charge in [0.05, 0.1) is 0 Å². The van der Waals surface area contributed by atoms with Crippen molar-refractivity contribution in [3.63, 3.8) is 0 Å². The van der Waals surface area contributed by atoms with Crippen molar-refractivity contribution in [2.45, 2.75) is 52.0 Å². The van der Waals surface area contributed by atoms with E-state index in [2.05, 4.69) is 0 Å². The van der Waals surface area contributed by atoms with E-state index >= 15 is 0 Å². The van der Waals surface area contributed by atoms with Gasteiger partial charge >= 0.3 is 9.28 Å². The van der Waals surface area contributed by atoms with E-state index in [1.807, 2.05) is 13.8 Å². The first kappa shape index (κ1) is 18.3. The molecule has 21 heavy (non-hydrogen) atoms. The molecule has 0 heterocycles. The van der Waals surface area contributed by atoms with E-state index in [1.54, 1.807) is 0 Å². The van der Waals surface area contributed by atoms with E-state index in [0.717, 1.165) is 37.8 Å². The van der Waals surface area contributed by atoms with Gasteiger partial charge in [-0.1, -0.05) is 25.3 Å². The van der Waals surface area contributed by atoms with Crippen LogP contribution >= 0.6 is 0 Å². The maximum atomic E-state index is 13.4. The van der Waals surface area contributed by atoms with Crippen LogP contribution in [0.3, 0.4) is 0 Å². The molecule has 1 aromatic rings. The molecule has 0 saturated heterocycles. The second-order valence-corrected chi connectivity index (χ2v) is 6.71. The van der Waals surface area contributed by atoms with Crippen LogP contribution in [0.1, 0.15) is 45.1 Å². The third-order valence-corrected chi connectivity index (χ3v) is 5.19. The second kappa shape index (κ2) is 10.9. The summed E-state index contributed by atoms with van der Waals surface area (Å²) in [7, 11) is -1.10. The highest BCUT2D eigenvalue weighted by atomic mass is 28.3. The van der Waals surface area contributed by atoms with Crippen molar-refractivity contribution >= 4 is 9.28 Å². The number of rotatable bonds is 11. The topological polar surface area (TPSA) is 18.5 Å². The Morgan fingerprint density at radius 1 is 0.952 bits per heavy atom. The normalized spacial score (nSPS) is 11.3. The van der Waals surface area contributed by atoms with Crippen LogP contribution in [0.15, 0.2) is 18.2 Å². The molecular formula is C16H25F2O2Si. The first-order valence-corrected chi connectivity index (χ1v) is 9.25. The Labute approximate surface area is 128 Å². The van der Waals surface area contributed by atoms with E-state index < -0.39 is 20.9 Å². The first-order valence-electron chi connectivity index (χ1n) is 7.72. The van der Waals surface area contributed by atoms with Gasteiger partial charge in [0.2, 0.25) is 0 Å². The second-order valence-electron chi connectivity index (χ2n) is 4.89. The summed E-state index contributed by atoms with van der Waals surface area (Å²) in [6.07, 6.45) is 4.82. The van der Waals surface area contributed by atoms with E-state index in [-0.39, 0.29) is 0 Å². The largest absolute Gasteiger partial charge is 0.394 e. The third kappa shape index (κ3) is 7.69. The van der Waals surface area contributed by atoms with Crippen molar-refractivity contribution in [2.24, 2.45) is 0 Å². The molecule has 5 heteroatoms. The Bertz CT molecular complexity index is 396. The van der Waals surface area contributed by atoms with E-state index in [0.29, 0.717) is 25.2 Å². The number of halogens is 2. The quantitative estimate of drug-likeness (QED) is 0.438. The average molecular weight is 315 g/mol. The zero-order chi connectivity index (χ0) is 15.5. The number of aryl methyl sites for hydroxylation is 1. The molecule has 0 aliphatic carbocycles. The molecule has 0 spiro atoms. The molecule has 0 aliphatic rings. The summed E-state index contributed by atoms with van der Waals surface area (Å²) >= 11 is 0. The van der Waals surface area contributed by atoms with Crippen molar-refractivity contribution in [3.8, 4) is 0 Å². The van der Waals surface area contributed by atoms with E-state index in [4.69, 9.17) is 8.85 Å². The van der Waals surface area contributed by atoms with Gasteiger partial charge in [0.15, 0.2) is 0 Å². The number of hydrogen-bond donors (Lipinski definition) is 0. The third-order valence-electron chi connectivity index (χ3n) is 3.20. The van der Waals surface area contributed by atoms with Gasteiger partial charge in [0.1, 0.15) is 11.6 Å². The molecule has 0 unspecified atom stereocenters. The van der Waals surface area contributed by atoms with Crippen molar-refractivity contribution in [1.82, 2.24) is 0 Å². The van der Waals surface area contributed by atoms with Crippen molar-refractivity contribution in [3.05, 3.63) is 35.4 Å². The molecule has 0 N–H and O–H groups in total. The lowest BCUT2D eigenvalue weighted by molar-refractivity contribution is 0.212. The maximum absolute atomic E-state index is 13.4. The molecule has 0 amide bonds. The first-order chi connectivity index (χ1) is 10.2. The molecule has 0 aliphatic heterocycles. The van der Waals surface area contributed by atoms with Gasteiger partial charge in [0, 0.05) is 19.3 Å². The zero-order valence-electron chi connectivity index (χ0n) is 13.0. The minimum Gasteiger partial charge on any atom is -0.394 e. The monoisotopic (exact) mass is 315 g/mol. The number of hydrogen-bond acceptors (Lipinski definition) is 2. The van der Waals surface area contributed by atoms with Gasteiger partial charge in [-0.05, 0) is 44.4 Å². The molecule has 1 aromatic carbocycles. The molecule has 0 aromatic heterocycles. The Morgan fingerprint density at radius 2 is 1.62 bits per heavy atom. The Hall–Kier alpha value is -0.783. The van der Waals surface area contributed by atoms with Gasteiger partial charge in [0.25, 0.3) is 0 Å². The predicted molar refractivity (Wildman–Crippen MR) is 82.3 cm³/mol. The molecule has 2 nitrogen and oxygen atoms in total. The summed E-state index contributed by atoms with van der Waals surface area (Å²) in [5.41, 5.74) is 0.602. The SMILES string of the molecule is CCO[Si](CCCCCCc1ccc(F)cc1F)OCC. The standard InChI is InChI=1S/C16H25F2O2Si/c1-3-19-21(20-4-2)12-8-6-5-7-9-14-10-11-15(17)13-16(14)18/h10-11,13H,3-9,12H2,1-2H3. The van der Waals surface area contributed by atoms with Crippen LogP contribution in [0, 0.1) is 11.6 Å². The smallest absolute Gasteiger partial charge is 0.384 e. The highest BCUT2D eigenvalue weighted by molar-refractivity contribution is 6.44. The number of unbranched alkanes of at least 4 members (excludes halogenated alkanes) is 3. The van der Waals surface area contributed by atoms with Gasteiger partial charge in [-0.2, -0.15) is 0 Å². The van der Waals surface area contributed by atoms with Gasteiger partial charge in [-0.25, -0.2) is 8.78 Å². The fraction of sp³-hybridized carbons (Fsp3) is 0.625. The Morgan fingerprint density at radius 3 is 2.24 bits per heavy atom. The van der Waals surface area contributed by atoms with Crippen molar-refractivity contribution in [2.75, 3.05) is 13.2 Å². The number of benzene rings is 1. The fourth-order valence-corrected chi connectivity index (χ4v) is 3.73. The summed E-state index contributed by atoms with van der Waals surface area (Å²) in [4.78, 5) is 0. The lowest BCUT2D eigenvalue weighted by Gasteiger charge is -2.12. The summed E-state index contributed by atoms with van der Waals surface area (Å²) in [6, 6.07) is 4.80. The lowest BCUT2D eigenvalue weighted by Crippen LogP contribution is -2.22. The highest BCUT2D eigenvalue weighted by Crippen LogP contribution is 2.14. The predicted octanol–water partition coefficient (Wildman–Crippen LogP) is 4.63. The molecule has 0 fully saturated rings. The maximum Gasteiger partial charge on any atom is 0.384 e. The van der Waals surface area contributed by atoms with Crippen LogP contribution < -0.4 is 0 Å². The minimum absolute atomic E-state index is 0.437. The van der Waals surface area contributed by atoms with Crippen LogP contribution in [-0.2, 0) is 15.3 Å². The van der Waals surface area contributed by atoms with Gasteiger partial charge < -0.3 is 8.85 Å². The lowest BCUT2D eigenvalue weighted by atomic mass is 10.1. The van der Waals surface area contributed by atoms with Crippen molar-refractivity contribution in [1.29, 1.82) is 0 Å². The molecule has 1 rings (SSSR count). The highest BCUT2D eigenvalue weighted by Gasteiger charge is 2.13. The van der Waals surface area contributed by atoms with Crippen LogP contribution in [-0.4, -0.2) is 22.5 Å². The summed E-state index contributed by atoms with van der Waals surface area (Å²) in [5, 5.41) is 0. The molecule has 0 saturated carbocycles. The minimum atomic E-state index is -1.10. The van der Waals surface area contributed by atoms with Crippen molar-refractivity contribution < 1.29 is 17.6 Å². The zero-order valence-corrected chi connectivity index (χ0v) is 14.0. The molecule has 1 radical (unpaired) electrons. The van der Waals surface area contributed by atoms with Crippen LogP contribution in [0.4, 0.5) is 8.78 Å². The molecule has 0 atom stereocenters. The summed E-state index contributed by atoms with van der Waals surface area (Å²) in [5.74, 6) is -0.953. The summed E-state index contributed by atoms with van der Waals surface area (Å²) in [6.45, 7) is 5.39. The average Bonchev–Trinajstić information content (AvgIpc) is 2.45. The van der Waals surface area contributed by atoms with Crippen LogP contribution in [0.25, 0.3) is 0 Å². The summed E-state index contributed by atoms with van der Waals surface area (Å²) < 4.78 is 37.4. The van der Waals surface area contributed by atoms with E-state index in [9.17, 15) is 8.78 Å². The molecule has 119 valence electrons. The van der Waals surface area contributed by atoms with E-state index in [1.165, 1.54) is 12.1 Å². The molecular weight excluding hydrogens is 290 g/mol. The molecule has 0 bridgehead atoms. The van der Waals surface area contributed by atoms with Gasteiger partial charge in [-0.15, -0.1) is 0 Å². The Kier molecular flexibility index (Phi) is 9.46.